The number of nitrogens with zero attached hydrogens (tertiary/aromatic N) is 8. The molecule has 0 saturated carbocycles. The third-order valence-corrected chi connectivity index (χ3v) is 7.67. The van der Waals surface area contributed by atoms with Gasteiger partial charge in [0, 0.05) is 55.9 Å². The Bertz CT molecular complexity index is 1300. The zero-order chi connectivity index (χ0) is 23.8. The van der Waals surface area contributed by atoms with Gasteiger partial charge in [-0.25, -0.2) is 9.37 Å². The molecule has 4 aliphatic heterocycles. The fourth-order valence-electron chi connectivity index (χ4n) is 5.82. The molecule has 3 fully saturated rings. The average molecular weight is 497 g/mol. The summed E-state index contributed by atoms with van der Waals surface area (Å²) in [6.07, 6.45) is 3.61. The number of aryl methyl sites for hydroxylation is 1. The number of anilines is 2. The molecule has 3 saturated heterocycles. The summed E-state index contributed by atoms with van der Waals surface area (Å²) in [6.45, 7) is 7.42. The minimum absolute atomic E-state index is 0.144. The lowest BCUT2D eigenvalue weighted by molar-refractivity contribution is -0.142. The number of benzene rings is 1. The molecule has 7 rings (SSSR count). The van der Waals surface area contributed by atoms with E-state index in [9.17, 15) is 4.39 Å². The Morgan fingerprint density at radius 1 is 1.06 bits per heavy atom. The van der Waals surface area contributed by atoms with E-state index < -0.39 is 5.67 Å². The van der Waals surface area contributed by atoms with Crippen LogP contribution in [0, 0.1) is 12.3 Å². The van der Waals surface area contributed by atoms with Crippen LogP contribution in [-0.2, 0) is 17.8 Å². The first-order valence-corrected chi connectivity index (χ1v) is 12.3. The number of halogens is 2. The number of ether oxygens (including phenoxy) is 1. The van der Waals surface area contributed by atoms with Crippen LogP contribution >= 0.6 is 11.6 Å². The molecule has 35 heavy (non-hydrogen) atoms. The van der Waals surface area contributed by atoms with Gasteiger partial charge in [-0.2, -0.15) is 0 Å². The predicted molar refractivity (Wildman–Crippen MR) is 129 cm³/mol. The van der Waals surface area contributed by atoms with Crippen LogP contribution in [0.1, 0.15) is 17.1 Å². The molecule has 0 radical (unpaired) electrons. The molecule has 0 atom stereocenters. The number of hydrogen-bond acceptors (Lipinski definition) is 8. The van der Waals surface area contributed by atoms with Gasteiger partial charge in [0.25, 0.3) is 0 Å². The molecule has 3 aromatic rings. The minimum Gasteiger partial charge on any atom is -0.375 e. The summed E-state index contributed by atoms with van der Waals surface area (Å²) in [6, 6.07) is 5.88. The Hall–Kier alpha value is -2.82. The summed E-state index contributed by atoms with van der Waals surface area (Å²) >= 11 is 6.35. The van der Waals surface area contributed by atoms with Gasteiger partial charge in [-0.05, 0) is 30.7 Å². The molecule has 1 aromatic carbocycles. The zero-order valence-electron chi connectivity index (χ0n) is 19.5. The third kappa shape index (κ3) is 3.57. The molecule has 0 unspecified atom stereocenters. The van der Waals surface area contributed by atoms with Crippen molar-refractivity contribution in [1.82, 2.24) is 29.6 Å². The molecule has 9 nitrogen and oxygen atoms in total. The number of hydrogen-bond donors (Lipinski definition) is 0. The molecule has 4 aliphatic rings. The highest BCUT2D eigenvalue weighted by Crippen LogP contribution is 2.44. The van der Waals surface area contributed by atoms with E-state index in [0.29, 0.717) is 24.7 Å². The molecule has 0 N–H and O–H groups in total. The molecular weight excluding hydrogens is 471 g/mol. The quantitative estimate of drug-likeness (QED) is 0.545. The van der Waals surface area contributed by atoms with Crippen molar-refractivity contribution >= 4 is 23.4 Å². The van der Waals surface area contributed by atoms with E-state index in [1.165, 1.54) is 0 Å². The summed E-state index contributed by atoms with van der Waals surface area (Å²) in [5.74, 6) is 2.60. The second kappa shape index (κ2) is 7.59. The Morgan fingerprint density at radius 2 is 1.86 bits per heavy atom. The molecule has 182 valence electrons. The van der Waals surface area contributed by atoms with Crippen LogP contribution in [0.5, 0.6) is 0 Å². The monoisotopic (exact) mass is 496 g/mol. The summed E-state index contributed by atoms with van der Waals surface area (Å²) < 4.78 is 22.2. The van der Waals surface area contributed by atoms with E-state index >= 15 is 0 Å². The fourth-order valence-corrected chi connectivity index (χ4v) is 6.01. The van der Waals surface area contributed by atoms with Crippen LogP contribution in [0.4, 0.5) is 16.2 Å². The molecule has 0 bridgehead atoms. The highest BCUT2D eigenvalue weighted by atomic mass is 35.5. The first kappa shape index (κ1) is 21.5. The Kier molecular flexibility index (Phi) is 4.65. The first-order chi connectivity index (χ1) is 16.9. The Labute approximate surface area is 207 Å². The van der Waals surface area contributed by atoms with Crippen molar-refractivity contribution in [2.24, 2.45) is 5.41 Å². The van der Waals surface area contributed by atoms with E-state index in [2.05, 4.69) is 39.4 Å². The summed E-state index contributed by atoms with van der Waals surface area (Å²) in [7, 11) is 0. The molecule has 2 aromatic heterocycles. The van der Waals surface area contributed by atoms with Crippen molar-refractivity contribution in [2.75, 3.05) is 55.7 Å². The van der Waals surface area contributed by atoms with E-state index in [0.717, 1.165) is 60.7 Å². The van der Waals surface area contributed by atoms with Gasteiger partial charge in [0.05, 0.1) is 37.3 Å². The number of fused-ring (bicyclic) bond motifs is 3. The smallest absolute Gasteiger partial charge is 0.231 e. The molecule has 6 heterocycles. The minimum atomic E-state index is -1.31. The lowest BCUT2D eigenvalue weighted by Crippen LogP contribution is -2.73. The van der Waals surface area contributed by atoms with Crippen molar-refractivity contribution in [1.29, 1.82) is 0 Å². The lowest BCUT2D eigenvalue weighted by Gasteiger charge is -2.60. The third-order valence-electron chi connectivity index (χ3n) is 7.44. The van der Waals surface area contributed by atoms with Gasteiger partial charge in [-0.1, -0.05) is 11.6 Å². The van der Waals surface area contributed by atoms with Gasteiger partial charge in [-0.15, -0.1) is 10.2 Å². The topological polar surface area (TPSA) is 75.4 Å². The lowest BCUT2D eigenvalue weighted by atomic mass is 9.73. The molecule has 0 aliphatic carbocycles. The van der Waals surface area contributed by atoms with Crippen molar-refractivity contribution in [2.45, 2.75) is 25.7 Å². The molecule has 1 spiro atoms. The Morgan fingerprint density at radius 3 is 2.60 bits per heavy atom. The van der Waals surface area contributed by atoms with Crippen LogP contribution < -0.4 is 9.80 Å². The van der Waals surface area contributed by atoms with Crippen LogP contribution in [0.25, 0.3) is 5.69 Å². The normalized spacial score (nSPS) is 22.0. The van der Waals surface area contributed by atoms with Crippen LogP contribution in [0.3, 0.4) is 0 Å². The highest BCUT2D eigenvalue weighted by molar-refractivity contribution is 6.30. The van der Waals surface area contributed by atoms with Crippen LogP contribution in [0.2, 0.25) is 5.02 Å². The summed E-state index contributed by atoms with van der Waals surface area (Å²) in [5, 5.41) is 9.80. The van der Waals surface area contributed by atoms with Gasteiger partial charge < -0.3 is 14.5 Å². The maximum absolute atomic E-state index is 14.9. The maximum atomic E-state index is 14.9. The van der Waals surface area contributed by atoms with E-state index in [4.69, 9.17) is 16.3 Å². The van der Waals surface area contributed by atoms with Gasteiger partial charge in [0.15, 0.2) is 11.5 Å². The zero-order valence-corrected chi connectivity index (χ0v) is 20.2. The average Bonchev–Trinajstić information content (AvgIpc) is 3.07. The van der Waals surface area contributed by atoms with Gasteiger partial charge in [0.1, 0.15) is 5.82 Å². The SMILES string of the molecule is Cc1cncc(N2CC3(C2)CN(c2nnc4n2-c2ccc(Cl)cc2CN(CC2(F)COC2)C4)C3)n1. The summed E-state index contributed by atoms with van der Waals surface area (Å²) in [5.41, 5.74) is 1.92. The highest BCUT2D eigenvalue weighted by Gasteiger charge is 2.53. The largest absolute Gasteiger partial charge is 0.375 e. The molecule has 0 amide bonds. The number of aromatic nitrogens is 5. The maximum Gasteiger partial charge on any atom is 0.231 e. The second-order valence-corrected chi connectivity index (χ2v) is 11.0. The first-order valence-electron chi connectivity index (χ1n) is 11.9. The summed E-state index contributed by atoms with van der Waals surface area (Å²) in [4.78, 5) is 15.5. The Balaban J connectivity index is 1.13. The second-order valence-electron chi connectivity index (χ2n) is 10.5. The van der Waals surface area contributed by atoms with Gasteiger partial charge in [0.2, 0.25) is 5.95 Å². The predicted octanol–water partition coefficient (Wildman–Crippen LogP) is 2.40. The van der Waals surface area contributed by atoms with Crippen molar-refractivity contribution in [3.8, 4) is 5.69 Å². The van der Waals surface area contributed by atoms with Crippen molar-refractivity contribution < 1.29 is 9.13 Å². The van der Waals surface area contributed by atoms with Crippen LogP contribution in [-0.4, -0.2) is 81.2 Å². The molecule has 11 heteroatoms. The standard InChI is InChI=1S/C24H26ClFN8O/c1-16-5-27-6-20(28-16)32-9-23(10-32)11-33(12-23)22-30-29-21-8-31(13-24(26)14-35-15-24)7-17-4-18(25)2-3-19(17)34(21)22/h2-6H,7-15H2,1H3. The number of rotatable bonds is 4. The number of alkyl halides is 1. The van der Waals surface area contributed by atoms with Crippen LogP contribution in [0.15, 0.2) is 30.6 Å². The van der Waals surface area contributed by atoms with Crippen molar-refractivity contribution in [3.05, 3.63) is 52.7 Å². The molecular formula is C24H26ClFN8O. The fraction of sp³-hybridized carbons (Fsp3) is 0.500. The van der Waals surface area contributed by atoms with E-state index in [1.807, 2.05) is 31.3 Å². The van der Waals surface area contributed by atoms with Gasteiger partial charge >= 0.3 is 0 Å². The van der Waals surface area contributed by atoms with Crippen molar-refractivity contribution in [3.63, 3.8) is 0 Å². The van der Waals surface area contributed by atoms with E-state index in [1.54, 1.807) is 6.20 Å². The van der Waals surface area contributed by atoms with E-state index in [-0.39, 0.29) is 18.6 Å². The van der Waals surface area contributed by atoms with Gasteiger partial charge in [-0.3, -0.25) is 14.5 Å².